The summed E-state index contributed by atoms with van der Waals surface area (Å²) in [6.45, 7) is 18.1. The smallest absolute Gasteiger partial charge is 0.180 e. The predicted octanol–water partition coefficient (Wildman–Crippen LogP) is 17.7. The van der Waals surface area contributed by atoms with Gasteiger partial charge in [0.25, 0.3) is 0 Å². The molecule has 63 heavy (non-hydrogen) atoms. The van der Waals surface area contributed by atoms with Crippen molar-refractivity contribution in [3.05, 3.63) is 24.3 Å². The molecule has 0 aliphatic carbocycles. The van der Waals surface area contributed by atoms with Gasteiger partial charge in [-0.05, 0) is 102 Å². The summed E-state index contributed by atoms with van der Waals surface area (Å²) >= 11 is 0. The summed E-state index contributed by atoms with van der Waals surface area (Å²) in [5.41, 5.74) is 0. The van der Waals surface area contributed by atoms with Gasteiger partial charge in [-0.25, -0.2) is 0 Å². The van der Waals surface area contributed by atoms with E-state index < -0.39 is 12.6 Å². The van der Waals surface area contributed by atoms with Crippen LogP contribution in [0, 0.1) is 0 Å². The molecule has 0 spiro atoms. The van der Waals surface area contributed by atoms with Gasteiger partial charge in [-0.2, -0.15) is 0 Å². The Labute approximate surface area is 393 Å². The molecule has 0 radical (unpaired) electrons. The van der Waals surface area contributed by atoms with E-state index in [1.807, 2.05) is 0 Å². The fourth-order valence-electron chi connectivity index (χ4n) is 7.54. The molecule has 0 rings (SSSR count). The van der Waals surface area contributed by atoms with Gasteiger partial charge in [-0.1, -0.05) is 195 Å². The van der Waals surface area contributed by atoms with Crippen LogP contribution >= 0.6 is 0 Å². The first-order valence-electron chi connectivity index (χ1n) is 27.8. The van der Waals surface area contributed by atoms with E-state index in [4.69, 9.17) is 33.2 Å². The van der Waals surface area contributed by atoms with Crippen molar-refractivity contribution in [2.24, 2.45) is 0 Å². The summed E-state index contributed by atoms with van der Waals surface area (Å²) in [7, 11) is 0. The lowest BCUT2D eigenvalue weighted by Crippen LogP contribution is -2.25. The van der Waals surface area contributed by atoms with Gasteiger partial charge in [0.05, 0.1) is 13.2 Å². The Balaban J connectivity index is 5.48. The Kier molecular flexibility index (Phi) is 53.1. The SMILES string of the molecule is CCCCCCCCCCOC(C=CCCCCC(OCCCCC)OCCCCC)OC(C=CCCCCC(OCCCCC)OCCCCC)OCCCCCCCCCC. The molecule has 0 aliphatic rings. The van der Waals surface area contributed by atoms with Gasteiger partial charge in [-0.15, -0.1) is 0 Å². The fourth-order valence-corrected chi connectivity index (χ4v) is 7.54. The zero-order valence-electron chi connectivity index (χ0n) is 43.2. The summed E-state index contributed by atoms with van der Waals surface area (Å²) in [4.78, 5) is 0. The van der Waals surface area contributed by atoms with Crippen molar-refractivity contribution in [1.29, 1.82) is 0 Å². The predicted molar refractivity (Wildman–Crippen MR) is 270 cm³/mol. The van der Waals surface area contributed by atoms with E-state index >= 15 is 0 Å². The summed E-state index contributed by atoms with van der Waals surface area (Å²) in [6.07, 6.45) is 50.5. The van der Waals surface area contributed by atoms with E-state index in [0.717, 1.165) is 116 Å². The standard InChI is InChI=1S/C56H110O7/c1-7-13-19-21-23-25-31-41-51-61-55(45-35-29-27-33-43-53(57-47-37-15-9-3)58-48-38-16-10-4)63-56(62-52-42-32-26-24-22-20-14-8-2)46-36-30-28-34-44-54(59-49-39-17-11-5)60-50-40-18-12-6/h35-36,45-46,53-56H,7-34,37-44,47-52H2,1-6H3. The molecule has 0 bridgehead atoms. The van der Waals surface area contributed by atoms with Gasteiger partial charge in [-0.3, -0.25) is 0 Å². The molecule has 0 aromatic rings. The van der Waals surface area contributed by atoms with E-state index in [1.54, 1.807) is 0 Å². The summed E-state index contributed by atoms with van der Waals surface area (Å²) < 4.78 is 44.3. The van der Waals surface area contributed by atoms with Crippen LogP contribution in [0.1, 0.15) is 273 Å². The first-order valence-corrected chi connectivity index (χ1v) is 27.8. The van der Waals surface area contributed by atoms with E-state index in [1.165, 1.54) is 141 Å². The molecule has 0 saturated heterocycles. The Morgan fingerprint density at radius 2 is 0.524 bits per heavy atom. The molecule has 7 heteroatoms. The zero-order chi connectivity index (χ0) is 45.8. The molecular weight excluding hydrogens is 785 g/mol. The molecule has 2 unspecified atom stereocenters. The quantitative estimate of drug-likeness (QED) is 0.0342. The van der Waals surface area contributed by atoms with Crippen LogP contribution in [0.15, 0.2) is 24.3 Å². The largest absolute Gasteiger partial charge is 0.353 e. The Morgan fingerprint density at radius 1 is 0.270 bits per heavy atom. The number of ether oxygens (including phenoxy) is 7. The van der Waals surface area contributed by atoms with E-state index in [9.17, 15) is 0 Å². The van der Waals surface area contributed by atoms with Crippen molar-refractivity contribution < 1.29 is 33.2 Å². The lowest BCUT2D eigenvalue weighted by molar-refractivity contribution is -0.208. The third kappa shape index (κ3) is 47.5. The fraction of sp³-hybridized carbons (Fsp3) is 0.929. The van der Waals surface area contributed by atoms with Gasteiger partial charge in [0.15, 0.2) is 25.2 Å². The molecule has 0 fully saturated rings. The Bertz CT molecular complexity index is 803. The van der Waals surface area contributed by atoms with Crippen LogP contribution in [0.4, 0.5) is 0 Å². The van der Waals surface area contributed by atoms with E-state index in [-0.39, 0.29) is 12.6 Å². The minimum Gasteiger partial charge on any atom is -0.353 e. The molecule has 376 valence electrons. The highest BCUT2D eigenvalue weighted by molar-refractivity contribution is 4.90. The summed E-state index contributed by atoms with van der Waals surface area (Å²) in [5, 5.41) is 0. The highest BCUT2D eigenvalue weighted by Crippen LogP contribution is 2.17. The molecule has 2 atom stereocenters. The average molecular weight is 895 g/mol. The maximum Gasteiger partial charge on any atom is 0.180 e. The third-order valence-electron chi connectivity index (χ3n) is 11.7. The van der Waals surface area contributed by atoms with E-state index in [2.05, 4.69) is 65.8 Å². The number of unbranched alkanes of at least 4 members (excludes halogenated alkanes) is 26. The second-order valence-electron chi connectivity index (χ2n) is 18.2. The highest BCUT2D eigenvalue weighted by Gasteiger charge is 2.15. The van der Waals surface area contributed by atoms with Crippen LogP contribution < -0.4 is 0 Å². The van der Waals surface area contributed by atoms with Crippen LogP contribution in [0.5, 0.6) is 0 Å². The van der Waals surface area contributed by atoms with Gasteiger partial charge in [0.1, 0.15) is 0 Å². The number of rotatable bonds is 54. The maximum absolute atomic E-state index is 6.64. The first-order chi connectivity index (χ1) is 31.1. The molecule has 0 aliphatic heterocycles. The lowest BCUT2D eigenvalue weighted by atomic mass is 10.1. The van der Waals surface area contributed by atoms with Crippen LogP contribution in [0.25, 0.3) is 0 Å². The second-order valence-corrected chi connectivity index (χ2v) is 18.2. The van der Waals surface area contributed by atoms with Gasteiger partial charge >= 0.3 is 0 Å². The molecule has 0 heterocycles. The molecular formula is C56H110O7. The monoisotopic (exact) mass is 895 g/mol. The summed E-state index contributed by atoms with van der Waals surface area (Å²) in [6, 6.07) is 0. The summed E-state index contributed by atoms with van der Waals surface area (Å²) in [5.74, 6) is 0. The Hall–Kier alpha value is -0.800. The molecule has 0 N–H and O–H groups in total. The van der Waals surface area contributed by atoms with E-state index in [0.29, 0.717) is 13.2 Å². The van der Waals surface area contributed by atoms with Gasteiger partial charge in [0, 0.05) is 26.4 Å². The lowest BCUT2D eigenvalue weighted by Gasteiger charge is -2.22. The molecule has 0 aromatic carbocycles. The Morgan fingerprint density at radius 3 is 0.841 bits per heavy atom. The normalized spacial score (nSPS) is 13.2. The minimum absolute atomic E-state index is 0.0892. The number of allylic oxidation sites excluding steroid dienone is 2. The number of hydrogen-bond acceptors (Lipinski definition) is 7. The molecule has 0 amide bonds. The van der Waals surface area contributed by atoms with Gasteiger partial charge in [0.2, 0.25) is 0 Å². The zero-order valence-corrected chi connectivity index (χ0v) is 43.2. The molecule has 7 nitrogen and oxygen atoms in total. The van der Waals surface area contributed by atoms with Crippen molar-refractivity contribution in [2.75, 3.05) is 39.6 Å². The van der Waals surface area contributed by atoms with Crippen LogP contribution in [-0.4, -0.2) is 64.8 Å². The molecule has 0 saturated carbocycles. The first kappa shape index (κ1) is 62.2. The maximum atomic E-state index is 6.64. The van der Waals surface area contributed by atoms with Crippen molar-refractivity contribution in [3.8, 4) is 0 Å². The number of hydrogen-bond donors (Lipinski definition) is 0. The van der Waals surface area contributed by atoms with Crippen LogP contribution in [-0.2, 0) is 33.2 Å². The minimum atomic E-state index is -0.435. The van der Waals surface area contributed by atoms with Crippen molar-refractivity contribution >= 4 is 0 Å². The topological polar surface area (TPSA) is 64.6 Å². The van der Waals surface area contributed by atoms with Crippen molar-refractivity contribution in [2.45, 2.75) is 298 Å². The van der Waals surface area contributed by atoms with Crippen LogP contribution in [0.2, 0.25) is 0 Å². The highest BCUT2D eigenvalue weighted by atomic mass is 16.8. The third-order valence-corrected chi connectivity index (χ3v) is 11.7. The van der Waals surface area contributed by atoms with Crippen LogP contribution in [0.3, 0.4) is 0 Å². The second kappa shape index (κ2) is 53.8. The average Bonchev–Trinajstić information content (AvgIpc) is 3.29. The van der Waals surface area contributed by atoms with Crippen molar-refractivity contribution in [3.63, 3.8) is 0 Å². The molecule has 0 aromatic heterocycles. The van der Waals surface area contributed by atoms with Gasteiger partial charge < -0.3 is 33.2 Å². The van der Waals surface area contributed by atoms with Crippen molar-refractivity contribution in [1.82, 2.24) is 0 Å².